The first-order valence-electron chi connectivity index (χ1n) is 7.48. The summed E-state index contributed by atoms with van der Waals surface area (Å²) in [7, 11) is 0. The van der Waals surface area contributed by atoms with Gasteiger partial charge in [-0.05, 0) is 44.2 Å². The molecule has 2 aliphatic rings. The van der Waals surface area contributed by atoms with Crippen molar-refractivity contribution in [1.29, 1.82) is 0 Å². The molecule has 1 aliphatic carbocycles. The molecule has 0 radical (unpaired) electrons. The van der Waals surface area contributed by atoms with Crippen molar-refractivity contribution in [3.05, 3.63) is 17.7 Å². The van der Waals surface area contributed by atoms with Crippen LogP contribution < -0.4 is 14.8 Å². The van der Waals surface area contributed by atoms with Crippen LogP contribution in [0.15, 0.2) is 12.1 Å². The summed E-state index contributed by atoms with van der Waals surface area (Å²) in [5, 5.41) is 11.9. The molecule has 1 aromatic rings. The van der Waals surface area contributed by atoms with Crippen molar-refractivity contribution in [3.8, 4) is 11.5 Å². The summed E-state index contributed by atoms with van der Waals surface area (Å²) in [6.45, 7) is 2.10. The van der Waals surface area contributed by atoms with E-state index in [1.165, 1.54) is 0 Å². The molecule has 0 unspecified atom stereocenters. The Morgan fingerprint density at radius 2 is 1.68 bits per heavy atom. The standard InChI is InChI=1S/C16H19NO5/c1-9-6-13-14(22-8-21-13)7-12(9)17-15(18)10-2-4-11(5-3-10)16(19)20/h6-7,10-11H,2-5,8H2,1H3,(H,17,18)(H,19,20). The van der Waals surface area contributed by atoms with Gasteiger partial charge in [-0.2, -0.15) is 0 Å². The number of hydrogen-bond acceptors (Lipinski definition) is 4. The number of hydrogen-bond donors (Lipinski definition) is 2. The summed E-state index contributed by atoms with van der Waals surface area (Å²) >= 11 is 0. The Labute approximate surface area is 128 Å². The quantitative estimate of drug-likeness (QED) is 0.896. The number of nitrogens with one attached hydrogen (secondary N) is 1. The molecule has 1 fully saturated rings. The van der Waals surface area contributed by atoms with E-state index < -0.39 is 5.97 Å². The lowest BCUT2D eigenvalue weighted by atomic mass is 9.81. The van der Waals surface area contributed by atoms with Crippen LogP contribution in [0.3, 0.4) is 0 Å². The highest BCUT2D eigenvalue weighted by molar-refractivity contribution is 5.93. The van der Waals surface area contributed by atoms with Crippen molar-refractivity contribution in [3.63, 3.8) is 0 Å². The van der Waals surface area contributed by atoms with E-state index in [0.29, 0.717) is 37.2 Å². The van der Waals surface area contributed by atoms with Crippen molar-refractivity contribution in [2.45, 2.75) is 32.6 Å². The van der Waals surface area contributed by atoms with Crippen LogP contribution in [-0.2, 0) is 9.59 Å². The summed E-state index contributed by atoms with van der Waals surface area (Å²) in [6.07, 6.45) is 2.36. The third kappa shape index (κ3) is 2.86. The Bertz CT molecular complexity index is 605. The number of carbonyl (C=O) groups is 2. The molecule has 1 heterocycles. The molecular formula is C16H19NO5. The second kappa shape index (κ2) is 5.87. The highest BCUT2D eigenvalue weighted by atomic mass is 16.7. The molecule has 22 heavy (non-hydrogen) atoms. The minimum atomic E-state index is -0.759. The highest BCUT2D eigenvalue weighted by Crippen LogP contribution is 2.37. The molecule has 6 heteroatoms. The van der Waals surface area contributed by atoms with Crippen molar-refractivity contribution in [2.75, 3.05) is 12.1 Å². The van der Waals surface area contributed by atoms with E-state index in [-0.39, 0.29) is 24.5 Å². The van der Waals surface area contributed by atoms with Gasteiger partial charge in [-0.3, -0.25) is 9.59 Å². The van der Waals surface area contributed by atoms with Crippen LogP contribution in [0.25, 0.3) is 0 Å². The van der Waals surface area contributed by atoms with Gasteiger partial charge in [0.05, 0.1) is 5.92 Å². The lowest BCUT2D eigenvalue weighted by molar-refractivity contribution is -0.143. The topological polar surface area (TPSA) is 84.9 Å². The van der Waals surface area contributed by atoms with Gasteiger partial charge in [0.15, 0.2) is 11.5 Å². The predicted octanol–water partition coefficient (Wildman–Crippen LogP) is 2.55. The number of carboxylic acids is 1. The maximum absolute atomic E-state index is 12.4. The van der Waals surface area contributed by atoms with Crippen molar-refractivity contribution >= 4 is 17.6 Å². The molecule has 1 aromatic carbocycles. The normalized spacial score (nSPS) is 23.1. The van der Waals surface area contributed by atoms with Crippen LogP contribution in [0.1, 0.15) is 31.2 Å². The molecule has 1 saturated carbocycles. The van der Waals surface area contributed by atoms with Crippen molar-refractivity contribution in [1.82, 2.24) is 0 Å². The van der Waals surface area contributed by atoms with Gasteiger partial charge < -0.3 is 19.9 Å². The second-order valence-corrected chi connectivity index (χ2v) is 5.90. The van der Waals surface area contributed by atoms with Gasteiger partial charge in [0, 0.05) is 17.7 Å². The van der Waals surface area contributed by atoms with Crippen LogP contribution >= 0.6 is 0 Å². The summed E-state index contributed by atoms with van der Waals surface area (Å²) in [4.78, 5) is 23.3. The number of anilines is 1. The first-order chi connectivity index (χ1) is 10.5. The summed E-state index contributed by atoms with van der Waals surface area (Å²) in [6, 6.07) is 3.62. The number of aliphatic carboxylic acids is 1. The zero-order valence-electron chi connectivity index (χ0n) is 12.4. The Morgan fingerprint density at radius 1 is 1.09 bits per heavy atom. The fourth-order valence-electron chi connectivity index (χ4n) is 3.02. The average molecular weight is 305 g/mol. The molecule has 6 nitrogen and oxygen atoms in total. The SMILES string of the molecule is Cc1cc2c(cc1NC(=O)C1CCC(C(=O)O)CC1)OCO2. The molecule has 2 N–H and O–H groups in total. The summed E-state index contributed by atoms with van der Waals surface area (Å²) in [5.41, 5.74) is 1.63. The number of ether oxygens (including phenoxy) is 2. The van der Waals surface area contributed by atoms with E-state index in [2.05, 4.69) is 5.32 Å². The molecule has 0 spiro atoms. The van der Waals surface area contributed by atoms with Crippen LogP contribution in [0.2, 0.25) is 0 Å². The third-order valence-corrected chi connectivity index (χ3v) is 4.42. The van der Waals surface area contributed by atoms with Gasteiger partial charge >= 0.3 is 5.97 Å². The van der Waals surface area contributed by atoms with E-state index >= 15 is 0 Å². The van der Waals surface area contributed by atoms with Crippen LogP contribution in [0.4, 0.5) is 5.69 Å². The number of carboxylic acid groups (broad SMARTS) is 1. The average Bonchev–Trinajstić information content (AvgIpc) is 2.94. The number of aryl methyl sites for hydroxylation is 1. The van der Waals surface area contributed by atoms with Crippen LogP contribution in [0, 0.1) is 18.8 Å². The maximum Gasteiger partial charge on any atom is 0.306 e. The first kappa shape index (κ1) is 14.7. The number of rotatable bonds is 3. The fourth-order valence-corrected chi connectivity index (χ4v) is 3.02. The summed E-state index contributed by atoms with van der Waals surface area (Å²) < 4.78 is 10.6. The monoisotopic (exact) mass is 305 g/mol. The fraction of sp³-hybridized carbons (Fsp3) is 0.500. The predicted molar refractivity (Wildman–Crippen MR) is 79.0 cm³/mol. The largest absolute Gasteiger partial charge is 0.481 e. The Balaban J connectivity index is 1.64. The molecule has 118 valence electrons. The van der Waals surface area contributed by atoms with E-state index in [9.17, 15) is 9.59 Å². The van der Waals surface area contributed by atoms with Gasteiger partial charge in [0.2, 0.25) is 12.7 Å². The van der Waals surface area contributed by atoms with Crippen LogP contribution in [-0.4, -0.2) is 23.8 Å². The summed E-state index contributed by atoms with van der Waals surface area (Å²) in [5.74, 6) is 0.0842. The molecule has 0 aromatic heterocycles. The molecule has 3 rings (SSSR count). The first-order valence-corrected chi connectivity index (χ1v) is 7.48. The number of benzene rings is 1. The van der Waals surface area contributed by atoms with Crippen LogP contribution in [0.5, 0.6) is 11.5 Å². The smallest absolute Gasteiger partial charge is 0.306 e. The van der Waals surface area contributed by atoms with E-state index in [1.54, 1.807) is 6.07 Å². The van der Waals surface area contributed by atoms with E-state index in [4.69, 9.17) is 14.6 Å². The third-order valence-electron chi connectivity index (χ3n) is 4.42. The maximum atomic E-state index is 12.4. The Morgan fingerprint density at radius 3 is 2.32 bits per heavy atom. The van der Waals surface area contributed by atoms with Crippen molar-refractivity contribution < 1.29 is 24.2 Å². The lowest BCUT2D eigenvalue weighted by Crippen LogP contribution is -2.29. The van der Waals surface area contributed by atoms with Crippen molar-refractivity contribution in [2.24, 2.45) is 11.8 Å². The molecule has 0 saturated heterocycles. The number of fused-ring (bicyclic) bond motifs is 1. The van der Waals surface area contributed by atoms with Gasteiger partial charge in [-0.25, -0.2) is 0 Å². The lowest BCUT2D eigenvalue weighted by Gasteiger charge is -2.25. The molecule has 1 amide bonds. The Hall–Kier alpha value is -2.24. The van der Waals surface area contributed by atoms with Gasteiger partial charge in [-0.1, -0.05) is 0 Å². The highest BCUT2D eigenvalue weighted by Gasteiger charge is 2.30. The minimum absolute atomic E-state index is 0.0502. The molecular weight excluding hydrogens is 286 g/mol. The molecule has 0 bridgehead atoms. The Kier molecular flexibility index (Phi) is 3.92. The van der Waals surface area contributed by atoms with Gasteiger partial charge in [0.1, 0.15) is 0 Å². The van der Waals surface area contributed by atoms with Gasteiger partial charge in [0.25, 0.3) is 0 Å². The zero-order valence-corrected chi connectivity index (χ0v) is 12.4. The number of carbonyl (C=O) groups excluding carboxylic acids is 1. The molecule has 0 atom stereocenters. The number of amides is 1. The minimum Gasteiger partial charge on any atom is -0.481 e. The van der Waals surface area contributed by atoms with E-state index in [1.807, 2.05) is 13.0 Å². The second-order valence-electron chi connectivity index (χ2n) is 5.90. The van der Waals surface area contributed by atoms with Gasteiger partial charge in [-0.15, -0.1) is 0 Å². The zero-order chi connectivity index (χ0) is 15.7. The molecule has 1 aliphatic heterocycles. The van der Waals surface area contributed by atoms with E-state index in [0.717, 1.165) is 11.3 Å².